The Hall–Kier alpha value is -2.40. The van der Waals surface area contributed by atoms with Gasteiger partial charge in [-0.25, -0.2) is 13.2 Å². The van der Waals surface area contributed by atoms with E-state index in [0.29, 0.717) is 11.5 Å². The average molecular weight is 364 g/mol. The van der Waals surface area contributed by atoms with E-state index in [1.54, 1.807) is 6.07 Å². The largest absolute Gasteiger partial charge is 0.452 e. The van der Waals surface area contributed by atoms with E-state index in [-0.39, 0.29) is 29.9 Å². The van der Waals surface area contributed by atoms with Crippen LogP contribution >= 0.6 is 0 Å². The van der Waals surface area contributed by atoms with Gasteiger partial charge in [-0.05, 0) is 43.4 Å². The standard InChI is InChI=1S/C17H20N2O5S/c1-12(14-6-7-14)19-16(20)10-24-17(21)15-4-2-13(3-5-15)11-25(22,23)9-8-18/h2-5,12,14H,6-7,9-11H2,1H3,(H,19,20)/t12-/m0/s1. The molecule has 1 N–H and O–H groups in total. The first-order valence-corrected chi connectivity index (χ1v) is 9.75. The van der Waals surface area contributed by atoms with E-state index in [4.69, 9.17) is 10.00 Å². The van der Waals surface area contributed by atoms with Crippen molar-refractivity contribution in [3.8, 4) is 6.07 Å². The maximum atomic E-state index is 11.9. The van der Waals surface area contributed by atoms with Crippen LogP contribution in [-0.2, 0) is 25.1 Å². The maximum Gasteiger partial charge on any atom is 0.338 e. The molecule has 1 aromatic rings. The highest BCUT2D eigenvalue weighted by Gasteiger charge is 2.29. The molecule has 1 saturated carbocycles. The van der Waals surface area contributed by atoms with Gasteiger partial charge in [0, 0.05) is 6.04 Å². The third kappa shape index (κ3) is 6.19. The second-order valence-corrected chi connectivity index (χ2v) is 8.22. The van der Waals surface area contributed by atoms with Gasteiger partial charge in [-0.2, -0.15) is 5.26 Å². The summed E-state index contributed by atoms with van der Waals surface area (Å²) in [4.78, 5) is 23.6. The van der Waals surface area contributed by atoms with Crippen LogP contribution in [0.4, 0.5) is 0 Å². The van der Waals surface area contributed by atoms with Crippen molar-refractivity contribution >= 4 is 21.7 Å². The summed E-state index contributed by atoms with van der Waals surface area (Å²) in [5, 5.41) is 11.3. The minimum Gasteiger partial charge on any atom is -0.452 e. The minimum absolute atomic E-state index is 0.0841. The lowest BCUT2D eigenvalue weighted by Gasteiger charge is -2.12. The van der Waals surface area contributed by atoms with Gasteiger partial charge >= 0.3 is 5.97 Å². The monoisotopic (exact) mass is 364 g/mol. The van der Waals surface area contributed by atoms with Crippen molar-refractivity contribution in [1.82, 2.24) is 5.32 Å². The Morgan fingerprint density at radius 1 is 1.32 bits per heavy atom. The van der Waals surface area contributed by atoms with Gasteiger partial charge in [-0.1, -0.05) is 12.1 Å². The third-order valence-corrected chi connectivity index (χ3v) is 5.25. The summed E-state index contributed by atoms with van der Waals surface area (Å²) >= 11 is 0. The van der Waals surface area contributed by atoms with Crippen LogP contribution in [0.3, 0.4) is 0 Å². The van der Waals surface area contributed by atoms with E-state index in [1.807, 2.05) is 6.92 Å². The summed E-state index contributed by atoms with van der Waals surface area (Å²) in [5.74, 6) is -1.29. The van der Waals surface area contributed by atoms with Gasteiger partial charge in [0.15, 0.2) is 16.4 Å². The average Bonchev–Trinajstić information content (AvgIpc) is 3.37. The van der Waals surface area contributed by atoms with Gasteiger partial charge in [0.25, 0.3) is 5.91 Å². The maximum absolute atomic E-state index is 11.9. The van der Waals surface area contributed by atoms with E-state index >= 15 is 0 Å². The van der Waals surface area contributed by atoms with Crippen molar-refractivity contribution in [2.24, 2.45) is 5.92 Å². The van der Waals surface area contributed by atoms with Gasteiger partial charge in [-0.3, -0.25) is 4.79 Å². The predicted octanol–water partition coefficient (Wildman–Crippen LogP) is 1.20. The number of rotatable bonds is 8. The quantitative estimate of drug-likeness (QED) is 0.693. The van der Waals surface area contributed by atoms with Crippen molar-refractivity contribution < 1.29 is 22.7 Å². The summed E-state index contributed by atoms with van der Waals surface area (Å²) in [6.45, 7) is 1.57. The topological polar surface area (TPSA) is 113 Å². The summed E-state index contributed by atoms with van der Waals surface area (Å²) in [5.41, 5.74) is 0.701. The molecule has 2 rings (SSSR count). The van der Waals surface area contributed by atoms with E-state index in [1.165, 1.54) is 24.3 Å². The minimum atomic E-state index is -3.48. The van der Waals surface area contributed by atoms with Gasteiger partial charge in [0.2, 0.25) is 0 Å². The number of amides is 1. The number of nitrogens with one attached hydrogen (secondary N) is 1. The van der Waals surface area contributed by atoms with Crippen LogP contribution in [0.2, 0.25) is 0 Å². The molecule has 1 aromatic carbocycles. The summed E-state index contributed by atoms with van der Waals surface area (Å²) in [6.07, 6.45) is 2.22. The molecule has 1 aliphatic rings. The number of esters is 1. The van der Waals surface area contributed by atoms with Crippen LogP contribution in [-0.4, -0.2) is 38.7 Å². The van der Waals surface area contributed by atoms with Crippen LogP contribution in [0, 0.1) is 17.2 Å². The smallest absolute Gasteiger partial charge is 0.338 e. The first-order valence-electron chi connectivity index (χ1n) is 7.93. The van der Waals surface area contributed by atoms with Crippen LogP contribution < -0.4 is 5.32 Å². The zero-order valence-electron chi connectivity index (χ0n) is 13.9. The lowest BCUT2D eigenvalue weighted by Crippen LogP contribution is -2.37. The van der Waals surface area contributed by atoms with Gasteiger partial charge < -0.3 is 10.1 Å². The second kappa shape index (κ2) is 8.12. The van der Waals surface area contributed by atoms with Gasteiger partial charge in [-0.15, -0.1) is 0 Å². The van der Waals surface area contributed by atoms with Crippen LogP contribution in [0.25, 0.3) is 0 Å². The number of benzene rings is 1. The molecular formula is C17H20N2O5S. The van der Waals surface area contributed by atoms with E-state index < -0.39 is 21.6 Å². The molecule has 0 aromatic heterocycles. The normalized spacial score (nSPS) is 15.0. The zero-order chi connectivity index (χ0) is 18.4. The van der Waals surface area contributed by atoms with Crippen LogP contribution in [0.5, 0.6) is 0 Å². The Morgan fingerprint density at radius 2 is 1.96 bits per heavy atom. The molecule has 0 radical (unpaired) electrons. The SMILES string of the molecule is C[C@H](NC(=O)COC(=O)c1ccc(CS(=O)(=O)CC#N)cc1)C1CC1. The summed E-state index contributed by atoms with van der Waals surface area (Å²) in [6, 6.07) is 7.54. The molecule has 1 fully saturated rings. The third-order valence-electron chi connectivity index (χ3n) is 3.91. The van der Waals surface area contributed by atoms with Crippen molar-refractivity contribution in [3.63, 3.8) is 0 Å². The van der Waals surface area contributed by atoms with Crippen LogP contribution in [0.1, 0.15) is 35.7 Å². The summed E-state index contributed by atoms with van der Waals surface area (Å²) in [7, 11) is -3.48. The fourth-order valence-electron chi connectivity index (χ4n) is 2.36. The Bertz CT molecular complexity index is 776. The lowest BCUT2D eigenvalue weighted by atomic mass is 10.1. The molecule has 0 spiro atoms. The van der Waals surface area contributed by atoms with Gasteiger partial charge in [0.05, 0.1) is 17.4 Å². The Balaban J connectivity index is 1.83. The molecule has 134 valence electrons. The van der Waals surface area contributed by atoms with Crippen molar-refractivity contribution in [2.75, 3.05) is 12.4 Å². The lowest BCUT2D eigenvalue weighted by molar-refractivity contribution is -0.124. The molecule has 7 nitrogen and oxygen atoms in total. The highest BCUT2D eigenvalue weighted by Crippen LogP contribution is 2.32. The number of carbonyl (C=O) groups excluding carboxylic acids is 2. The Morgan fingerprint density at radius 3 is 2.52 bits per heavy atom. The fraction of sp³-hybridized carbons (Fsp3) is 0.471. The number of hydrogen-bond donors (Lipinski definition) is 1. The Kier molecular flexibility index (Phi) is 6.15. The highest BCUT2D eigenvalue weighted by molar-refractivity contribution is 7.90. The number of nitriles is 1. The molecular weight excluding hydrogens is 344 g/mol. The number of carbonyl (C=O) groups is 2. The molecule has 25 heavy (non-hydrogen) atoms. The fourth-order valence-corrected chi connectivity index (χ4v) is 3.36. The Labute approximate surface area is 146 Å². The first-order chi connectivity index (χ1) is 11.8. The summed E-state index contributed by atoms with van der Waals surface area (Å²) < 4.78 is 28.1. The molecule has 0 bridgehead atoms. The molecule has 0 heterocycles. The van der Waals surface area contributed by atoms with Crippen molar-refractivity contribution in [3.05, 3.63) is 35.4 Å². The van der Waals surface area contributed by atoms with Crippen molar-refractivity contribution in [1.29, 1.82) is 5.26 Å². The van der Waals surface area contributed by atoms with E-state index in [0.717, 1.165) is 12.8 Å². The van der Waals surface area contributed by atoms with Gasteiger partial charge in [0.1, 0.15) is 5.75 Å². The molecule has 8 heteroatoms. The van der Waals surface area contributed by atoms with Crippen LogP contribution in [0.15, 0.2) is 24.3 Å². The zero-order valence-corrected chi connectivity index (χ0v) is 14.7. The highest BCUT2D eigenvalue weighted by atomic mass is 32.2. The number of sulfone groups is 1. The van der Waals surface area contributed by atoms with Crippen molar-refractivity contribution in [2.45, 2.75) is 31.6 Å². The van der Waals surface area contributed by atoms with E-state index in [9.17, 15) is 18.0 Å². The molecule has 0 aliphatic heterocycles. The molecule has 1 atom stereocenters. The second-order valence-electron chi connectivity index (χ2n) is 6.16. The number of hydrogen-bond acceptors (Lipinski definition) is 6. The predicted molar refractivity (Wildman–Crippen MR) is 90.2 cm³/mol. The number of ether oxygens (including phenoxy) is 1. The molecule has 1 aliphatic carbocycles. The van der Waals surface area contributed by atoms with E-state index in [2.05, 4.69) is 5.32 Å². The number of nitrogens with zero attached hydrogens (tertiary/aromatic N) is 1. The molecule has 0 unspecified atom stereocenters. The first kappa shape index (κ1) is 18.9. The molecule has 1 amide bonds. The molecule has 0 saturated heterocycles.